The molecule has 8 heteroatoms. The Morgan fingerprint density at radius 3 is 2.49 bits per heavy atom. The molecule has 0 saturated heterocycles. The van der Waals surface area contributed by atoms with E-state index in [0.29, 0.717) is 17.9 Å². The van der Waals surface area contributed by atoms with Crippen molar-refractivity contribution in [2.75, 3.05) is 13.2 Å². The summed E-state index contributed by atoms with van der Waals surface area (Å²) in [5.74, 6) is 0.253. The maximum Gasteiger partial charge on any atom is 0.258 e. The van der Waals surface area contributed by atoms with Gasteiger partial charge in [-0.1, -0.05) is 29.7 Å². The summed E-state index contributed by atoms with van der Waals surface area (Å²) < 4.78 is 29.0. The zero-order valence-corrected chi connectivity index (χ0v) is 20.2. The molecule has 0 spiro atoms. The van der Waals surface area contributed by atoms with E-state index in [4.69, 9.17) is 14.6 Å². The van der Waals surface area contributed by atoms with E-state index in [1.165, 1.54) is 11.5 Å². The highest BCUT2D eigenvalue weighted by Crippen LogP contribution is 2.34. The monoisotopic (exact) mass is 495 g/mol. The van der Waals surface area contributed by atoms with E-state index in [-0.39, 0.29) is 17.9 Å². The van der Waals surface area contributed by atoms with Crippen LogP contribution in [-0.2, 0) is 6.61 Å². The van der Waals surface area contributed by atoms with Gasteiger partial charge in [0.05, 0.1) is 11.5 Å². The van der Waals surface area contributed by atoms with Gasteiger partial charge in [0.1, 0.15) is 25.1 Å². The number of rotatable bonds is 9. The lowest BCUT2D eigenvalue weighted by Crippen LogP contribution is -2.21. The molecule has 4 rings (SSSR count). The molecule has 35 heavy (non-hydrogen) atoms. The lowest BCUT2D eigenvalue weighted by Gasteiger charge is -2.17. The normalized spacial score (nSPS) is 11.9. The fourth-order valence-corrected chi connectivity index (χ4v) is 4.52. The number of aromatic amines is 1. The molecule has 0 aliphatic heterocycles. The number of benzene rings is 3. The molecule has 0 radical (unpaired) electrons. The van der Waals surface area contributed by atoms with Gasteiger partial charge in [0.2, 0.25) is 0 Å². The third kappa shape index (κ3) is 5.79. The molecule has 0 aliphatic carbocycles. The number of aryl methyl sites for hydroxylation is 1. The van der Waals surface area contributed by atoms with E-state index in [2.05, 4.69) is 4.37 Å². The molecule has 0 unspecified atom stereocenters. The molecule has 0 aliphatic rings. The second-order valence-electron chi connectivity index (χ2n) is 8.24. The molecular formula is C27H26FNO5S. The minimum absolute atomic E-state index is 0.0473. The minimum atomic E-state index is -1.07. The molecule has 1 heterocycles. The molecule has 6 nitrogen and oxygen atoms in total. The first-order valence-electron chi connectivity index (χ1n) is 11.1. The highest BCUT2D eigenvalue weighted by atomic mass is 32.1. The topological polar surface area (TPSA) is 91.8 Å². The third-order valence-electron chi connectivity index (χ3n) is 5.59. The van der Waals surface area contributed by atoms with Gasteiger partial charge in [0.15, 0.2) is 11.6 Å². The molecule has 0 amide bonds. The second-order valence-corrected chi connectivity index (χ2v) is 9.09. The van der Waals surface area contributed by atoms with Crippen molar-refractivity contribution in [2.45, 2.75) is 26.6 Å². The first-order valence-corrected chi connectivity index (χ1v) is 11.9. The van der Waals surface area contributed by atoms with Crippen molar-refractivity contribution in [1.29, 1.82) is 0 Å². The van der Waals surface area contributed by atoms with E-state index in [9.17, 15) is 14.3 Å². The molecule has 0 bridgehead atoms. The minimum Gasteiger partial charge on any atom is -0.489 e. The number of nitrogens with one attached hydrogen (secondary N) is 1. The van der Waals surface area contributed by atoms with Gasteiger partial charge in [-0.25, -0.2) is 4.39 Å². The van der Waals surface area contributed by atoms with Crippen molar-refractivity contribution in [1.82, 2.24) is 4.37 Å². The van der Waals surface area contributed by atoms with Gasteiger partial charge < -0.3 is 19.7 Å². The summed E-state index contributed by atoms with van der Waals surface area (Å²) in [7, 11) is 0. The van der Waals surface area contributed by atoms with Gasteiger partial charge in [-0.05, 0) is 83.6 Å². The number of hydrogen-bond acceptors (Lipinski definition) is 6. The number of aliphatic hydroxyl groups is 2. The summed E-state index contributed by atoms with van der Waals surface area (Å²) >= 11 is 1.29. The predicted octanol–water partition coefficient (Wildman–Crippen LogP) is 4.84. The standard InChI is InChI=1S/C27H26FNO5S/c1-16-10-23(34-15-21(31)13-30)27(28)17(2)26(16)20-5-3-4-18(11-20)14-33-22-8-6-19(7-9-22)24-12-25(32)29-35-24/h3-12,21,30-31H,13-15H2,1-2H3,(H,29,32)/t21-/m1/s1. The Labute approximate surface area is 206 Å². The van der Waals surface area contributed by atoms with E-state index in [0.717, 1.165) is 32.7 Å². The molecule has 182 valence electrons. The summed E-state index contributed by atoms with van der Waals surface area (Å²) in [5.41, 5.74) is 4.67. The van der Waals surface area contributed by atoms with Crippen LogP contribution >= 0.6 is 11.5 Å². The summed E-state index contributed by atoms with van der Waals surface area (Å²) in [6, 6.07) is 18.4. The zero-order valence-electron chi connectivity index (χ0n) is 19.4. The maximum absolute atomic E-state index is 15.0. The Kier molecular flexibility index (Phi) is 7.65. The number of halogens is 1. The molecule has 3 aromatic carbocycles. The zero-order chi connectivity index (χ0) is 24.9. The van der Waals surface area contributed by atoms with Crippen LogP contribution in [0.3, 0.4) is 0 Å². The first-order chi connectivity index (χ1) is 16.9. The van der Waals surface area contributed by atoms with Gasteiger partial charge in [-0.15, -0.1) is 0 Å². The van der Waals surface area contributed by atoms with Crippen LogP contribution in [0.4, 0.5) is 4.39 Å². The Morgan fingerprint density at radius 1 is 1.03 bits per heavy atom. The summed E-state index contributed by atoms with van der Waals surface area (Å²) in [6.45, 7) is 3.27. The lowest BCUT2D eigenvalue weighted by molar-refractivity contribution is 0.0523. The van der Waals surface area contributed by atoms with Gasteiger partial charge in [0, 0.05) is 6.07 Å². The number of H-pyrrole nitrogens is 1. The van der Waals surface area contributed by atoms with Gasteiger partial charge in [-0.2, -0.15) is 0 Å². The largest absolute Gasteiger partial charge is 0.489 e. The number of hydrogen-bond donors (Lipinski definition) is 3. The highest BCUT2D eigenvalue weighted by molar-refractivity contribution is 7.09. The number of aromatic nitrogens is 1. The first kappa shape index (κ1) is 24.7. The fourth-order valence-electron chi connectivity index (χ4n) is 3.83. The fraction of sp³-hybridized carbons (Fsp3) is 0.222. The highest BCUT2D eigenvalue weighted by Gasteiger charge is 2.17. The summed E-state index contributed by atoms with van der Waals surface area (Å²) in [4.78, 5) is 12.2. The van der Waals surface area contributed by atoms with Crippen LogP contribution in [0.1, 0.15) is 16.7 Å². The second kappa shape index (κ2) is 10.9. The molecule has 1 aromatic heterocycles. The van der Waals surface area contributed by atoms with Crippen LogP contribution in [0.15, 0.2) is 65.5 Å². The van der Waals surface area contributed by atoms with Crippen molar-refractivity contribution in [2.24, 2.45) is 0 Å². The van der Waals surface area contributed by atoms with Crippen LogP contribution in [0.2, 0.25) is 0 Å². The SMILES string of the molecule is Cc1cc(OC[C@H](O)CO)c(F)c(C)c1-c1cccc(COc2ccc(-c3cc(=O)[nH]s3)cc2)c1. The molecule has 0 saturated carbocycles. The van der Waals surface area contributed by atoms with Crippen LogP contribution in [0.25, 0.3) is 21.6 Å². The Hall–Kier alpha value is -3.46. The van der Waals surface area contributed by atoms with Crippen molar-refractivity contribution in [3.8, 4) is 33.1 Å². The van der Waals surface area contributed by atoms with Crippen molar-refractivity contribution >= 4 is 11.5 Å². The average molecular weight is 496 g/mol. The Balaban J connectivity index is 1.49. The average Bonchev–Trinajstić information content (AvgIpc) is 3.30. The van der Waals surface area contributed by atoms with Crippen LogP contribution < -0.4 is 15.0 Å². The smallest absolute Gasteiger partial charge is 0.258 e. The summed E-state index contributed by atoms with van der Waals surface area (Å²) in [5, 5.41) is 18.4. The van der Waals surface area contributed by atoms with Gasteiger partial charge in [-0.3, -0.25) is 9.17 Å². The van der Waals surface area contributed by atoms with E-state index in [1.54, 1.807) is 19.1 Å². The van der Waals surface area contributed by atoms with E-state index < -0.39 is 18.5 Å². The molecule has 4 aromatic rings. The summed E-state index contributed by atoms with van der Waals surface area (Å²) in [6.07, 6.45) is -1.07. The van der Waals surface area contributed by atoms with Crippen LogP contribution in [-0.4, -0.2) is 33.9 Å². The number of ether oxygens (including phenoxy) is 2. The number of aliphatic hydroxyl groups excluding tert-OH is 2. The van der Waals surface area contributed by atoms with Crippen LogP contribution in [0.5, 0.6) is 11.5 Å². The molecule has 1 atom stereocenters. The quantitative estimate of drug-likeness (QED) is 0.309. The van der Waals surface area contributed by atoms with Crippen molar-refractivity contribution in [3.05, 3.63) is 93.5 Å². The van der Waals surface area contributed by atoms with Crippen LogP contribution in [0, 0.1) is 19.7 Å². The van der Waals surface area contributed by atoms with Crippen molar-refractivity contribution in [3.63, 3.8) is 0 Å². The molecular weight excluding hydrogens is 469 g/mol. The maximum atomic E-state index is 15.0. The lowest BCUT2D eigenvalue weighted by atomic mass is 9.94. The molecule has 0 fully saturated rings. The Morgan fingerprint density at radius 2 is 1.80 bits per heavy atom. The molecule has 3 N–H and O–H groups in total. The van der Waals surface area contributed by atoms with E-state index >= 15 is 0 Å². The predicted molar refractivity (Wildman–Crippen MR) is 135 cm³/mol. The van der Waals surface area contributed by atoms with Gasteiger partial charge in [0.25, 0.3) is 5.56 Å². The third-order valence-corrected chi connectivity index (χ3v) is 6.46. The Bertz CT molecular complexity index is 1360. The van der Waals surface area contributed by atoms with E-state index in [1.807, 2.05) is 55.5 Å². The van der Waals surface area contributed by atoms with Crippen molar-refractivity contribution < 1.29 is 24.1 Å². The van der Waals surface area contributed by atoms with Gasteiger partial charge >= 0.3 is 0 Å².